The molecular weight excluding hydrogens is 460 g/mol. The number of rotatable bonds is 9. The van der Waals surface area contributed by atoms with Crippen molar-refractivity contribution >= 4 is 27.3 Å². The van der Waals surface area contributed by atoms with Gasteiger partial charge in [-0.05, 0) is 36.8 Å². The zero-order valence-corrected chi connectivity index (χ0v) is 20.5. The van der Waals surface area contributed by atoms with Crippen LogP contribution in [0.15, 0.2) is 47.4 Å². The second-order valence-electron chi connectivity index (χ2n) is 7.97. The lowest BCUT2D eigenvalue weighted by atomic mass is 10.2. The first-order chi connectivity index (χ1) is 16.2. The molecular formula is C23H30N4O6S. The summed E-state index contributed by atoms with van der Waals surface area (Å²) in [4.78, 5) is 27.2. The second-order valence-corrected chi connectivity index (χ2v) is 9.91. The van der Waals surface area contributed by atoms with Crippen LogP contribution in [-0.2, 0) is 14.8 Å². The van der Waals surface area contributed by atoms with Crippen molar-refractivity contribution in [3.8, 4) is 5.75 Å². The number of nitrogens with zero attached hydrogens (tertiary/aromatic N) is 4. The molecule has 1 aliphatic heterocycles. The average Bonchev–Trinajstić information content (AvgIpc) is 2.83. The van der Waals surface area contributed by atoms with Crippen LogP contribution in [0.25, 0.3) is 0 Å². The molecule has 10 nitrogen and oxygen atoms in total. The van der Waals surface area contributed by atoms with Crippen molar-refractivity contribution in [2.24, 2.45) is 0 Å². The Morgan fingerprint density at radius 1 is 1.09 bits per heavy atom. The SMILES string of the molecule is CCN(CC)S(=O)(=O)c1ccc(OCC(=O)N2CCN(c3cccc(C)c3)CC2)c([N+](=O)[O-])c1. The summed E-state index contributed by atoms with van der Waals surface area (Å²) < 4.78 is 32.1. The van der Waals surface area contributed by atoms with Crippen LogP contribution in [0.2, 0.25) is 0 Å². The van der Waals surface area contributed by atoms with E-state index in [4.69, 9.17) is 4.74 Å². The Bertz CT molecular complexity index is 1140. The van der Waals surface area contributed by atoms with Gasteiger partial charge in [0.25, 0.3) is 5.91 Å². The van der Waals surface area contributed by atoms with Crippen LogP contribution in [0, 0.1) is 17.0 Å². The van der Waals surface area contributed by atoms with E-state index in [0.29, 0.717) is 26.2 Å². The molecule has 0 radical (unpaired) electrons. The van der Waals surface area contributed by atoms with E-state index in [1.807, 2.05) is 25.1 Å². The zero-order chi connectivity index (χ0) is 24.9. The van der Waals surface area contributed by atoms with Gasteiger partial charge in [0.1, 0.15) is 0 Å². The number of sulfonamides is 1. The summed E-state index contributed by atoms with van der Waals surface area (Å²) in [5, 5.41) is 11.6. The van der Waals surface area contributed by atoms with Crippen molar-refractivity contribution in [3.63, 3.8) is 0 Å². The van der Waals surface area contributed by atoms with Crippen molar-refractivity contribution in [1.82, 2.24) is 9.21 Å². The molecule has 2 aromatic carbocycles. The summed E-state index contributed by atoms with van der Waals surface area (Å²) in [6.07, 6.45) is 0. The van der Waals surface area contributed by atoms with Gasteiger partial charge in [0.05, 0.1) is 9.82 Å². The fourth-order valence-electron chi connectivity index (χ4n) is 3.90. The molecule has 2 aromatic rings. The van der Waals surface area contributed by atoms with Crippen LogP contribution in [0.3, 0.4) is 0 Å². The number of benzene rings is 2. The normalized spacial score (nSPS) is 14.4. The number of ether oxygens (including phenoxy) is 1. The third-order valence-corrected chi connectivity index (χ3v) is 7.87. The Balaban J connectivity index is 1.65. The Labute approximate surface area is 199 Å². The number of amides is 1. The lowest BCUT2D eigenvalue weighted by molar-refractivity contribution is -0.386. The Morgan fingerprint density at radius 2 is 1.76 bits per heavy atom. The van der Waals surface area contributed by atoms with Gasteiger partial charge in [0.2, 0.25) is 10.0 Å². The van der Waals surface area contributed by atoms with Crippen molar-refractivity contribution in [2.45, 2.75) is 25.7 Å². The van der Waals surface area contributed by atoms with Crippen molar-refractivity contribution in [2.75, 3.05) is 50.8 Å². The molecule has 1 heterocycles. The van der Waals surface area contributed by atoms with Gasteiger partial charge in [0.15, 0.2) is 12.4 Å². The summed E-state index contributed by atoms with van der Waals surface area (Å²) in [6, 6.07) is 11.7. The predicted octanol–water partition coefficient (Wildman–Crippen LogP) is 2.66. The molecule has 1 aliphatic rings. The van der Waals surface area contributed by atoms with Gasteiger partial charge in [-0.2, -0.15) is 4.31 Å². The van der Waals surface area contributed by atoms with Crippen molar-refractivity contribution in [3.05, 3.63) is 58.1 Å². The van der Waals surface area contributed by atoms with E-state index in [1.54, 1.807) is 18.7 Å². The van der Waals surface area contributed by atoms with E-state index in [1.165, 1.54) is 22.0 Å². The molecule has 11 heteroatoms. The highest BCUT2D eigenvalue weighted by molar-refractivity contribution is 7.89. The minimum absolute atomic E-state index is 0.143. The third-order valence-electron chi connectivity index (χ3n) is 5.82. The summed E-state index contributed by atoms with van der Waals surface area (Å²) in [7, 11) is -3.86. The summed E-state index contributed by atoms with van der Waals surface area (Å²) >= 11 is 0. The number of piperazine rings is 1. The van der Waals surface area contributed by atoms with E-state index in [0.717, 1.165) is 11.8 Å². The smallest absolute Gasteiger partial charge is 0.312 e. The van der Waals surface area contributed by atoms with Crippen LogP contribution in [0.1, 0.15) is 19.4 Å². The molecule has 0 bridgehead atoms. The van der Waals surface area contributed by atoms with E-state index in [-0.39, 0.29) is 36.2 Å². The van der Waals surface area contributed by atoms with E-state index < -0.39 is 20.6 Å². The van der Waals surface area contributed by atoms with Gasteiger partial charge in [-0.25, -0.2) is 8.42 Å². The number of hydrogen-bond donors (Lipinski definition) is 0. The summed E-state index contributed by atoms with van der Waals surface area (Å²) in [6.45, 7) is 7.92. The minimum Gasteiger partial charge on any atom is -0.477 e. The lowest BCUT2D eigenvalue weighted by Crippen LogP contribution is -2.50. The molecule has 1 fully saturated rings. The molecule has 0 atom stereocenters. The topological polar surface area (TPSA) is 113 Å². The van der Waals surface area contributed by atoms with E-state index in [2.05, 4.69) is 11.0 Å². The highest BCUT2D eigenvalue weighted by Gasteiger charge is 2.27. The number of hydrogen-bond acceptors (Lipinski definition) is 7. The third kappa shape index (κ3) is 5.65. The summed E-state index contributed by atoms with van der Waals surface area (Å²) in [5.41, 5.74) is 1.78. The standard InChI is InChI=1S/C23H30N4O6S/c1-4-26(5-2)34(31,32)20-9-10-22(21(16-20)27(29)30)33-17-23(28)25-13-11-24(12-14-25)19-8-6-7-18(3)15-19/h6-10,15-16H,4-5,11-14,17H2,1-3H3. The minimum atomic E-state index is -3.86. The number of nitro benzene ring substituents is 1. The molecule has 1 amide bonds. The largest absolute Gasteiger partial charge is 0.477 e. The second kappa shape index (κ2) is 10.8. The van der Waals surface area contributed by atoms with Gasteiger partial charge >= 0.3 is 5.69 Å². The highest BCUT2D eigenvalue weighted by Crippen LogP contribution is 2.31. The van der Waals surface area contributed by atoms with Crippen LogP contribution < -0.4 is 9.64 Å². The quantitative estimate of drug-likeness (QED) is 0.392. The number of anilines is 1. The van der Waals surface area contributed by atoms with Crippen LogP contribution in [-0.4, -0.2) is 74.3 Å². The van der Waals surface area contributed by atoms with E-state index >= 15 is 0 Å². The fourth-order valence-corrected chi connectivity index (χ4v) is 5.38. The maximum Gasteiger partial charge on any atom is 0.312 e. The molecule has 0 N–H and O–H groups in total. The molecule has 184 valence electrons. The Kier molecular flexibility index (Phi) is 8.11. The Hall–Kier alpha value is -3.18. The highest BCUT2D eigenvalue weighted by atomic mass is 32.2. The molecule has 34 heavy (non-hydrogen) atoms. The first kappa shape index (κ1) is 25.4. The maximum absolute atomic E-state index is 12.7. The van der Waals surface area contributed by atoms with Crippen LogP contribution in [0.4, 0.5) is 11.4 Å². The van der Waals surface area contributed by atoms with Crippen molar-refractivity contribution < 1.29 is 22.9 Å². The molecule has 0 aliphatic carbocycles. The number of nitro groups is 1. The van der Waals surface area contributed by atoms with Gasteiger partial charge in [-0.3, -0.25) is 14.9 Å². The lowest BCUT2D eigenvalue weighted by Gasteiger charge is -2.36. The predicted molar refractivity (Wildman–Crippen MR) is 129 cm³/mol. The molecule has 0 aromatic heterocycles. The van der Waals surface area contributed by atoms with E-state index in [9.17, 15) is 23.3 Å². The first-order valence-corrected chi connectivity index (χ1v) is 12.6. The van der Waals surface area contributed by atoms with Gasteiger partial charge in [0, 0.05) is 51.0 Å². The fraction of sp³-hybridized carbons (Fsp3) is 0.435. The average molecular weight is 491 g/mol. The van der Waals surface area contributed by atoms with Crippen molar-refractivity contribution in [1.29, 1.82) is 0 Å². The number of carbonyl (C=O) groups excluding carboxylic acids is 1. The molecule has 0 spiro atoms. The monoisotopic (exact) mass is 490 g/mol. The van der Waals surface area contributed by atoms with Gasteiger partial charge in [-0.1, -0.05) is 26.0 Å². The Morgan fingerprint density at radius 3 is 2.35 bits per heavy atom. The zero-order valence-electron chi connectivity index (χ0n) is 19.6. The summed E-state index contributed by atoms with van der Waals surface area (Å²) in [5.74, 6) is -0.423. The molecule has 1 saturated heterocycles. The van der Waals surface area contributed by atoms with Gasteiger partial charge < -0.3 is 14.5 Å². The molecule has 0 unspecified atom stereocenters. The maximum atomic E-state index is 12.7. The molecule has 3 rings (SSSR count). The molecule has 0 saturated carbocycles. The van der Waals surface area contributed by atoms with Crippen LogP contribution in [0.5, 0.6) is 5.75 Å². The first-order valence-electron chi connectivity index (χ1n) is 11.2. The number of aryl methyl sites for hydroxylation is 1. The van der Waals surface area contributed by atoms with Gasteiger partial charge in [-0.15, -0.1) is 0 Å². The number of carbonyl (C=O) groups is 1. The van der Waals surface area contributed by atoms with Crippen LogP contribution >= 0.6 is 0 Å².